The zero-order valence-electron chi connectivity index (χ0n) is 13.3. The Kier molecular flexibility index (Phi) is 4.69. The molecule has 3 rings (SSSR count). The lowest BCUT2D eigenvalue weighted by Gasteiger charge is -2.10. The van der Waals surface area contributed by atoms with Crippen LogP contribution in [0.4, 0.5) is 5.69 Å². The molecule has 0 aliphatic carbocycles. The van der Waals surface area contributed by atoms with E-state index in [0.29, 0.717) is 36.1 Å². The molecule has 0 unspecified atom stereocenters. The summed E-state index contributed by atoms with van der Waals surface area (Å²) >= 11 is 0. The first-order valence-corrected chi connectivity index (χ1v) is 7.61. The number of carbonyl (C=O) groups is 2. The molecule has 1 aromatic carbocycles. The Balaban J connectivity index is 1.56. The number of esters is 1. The van der Waals surface area contributed by atoms with Gasteiger partial charge in [0.15, 0.2) is 18.1 Å². The molecule has 0 atom stereocenters. The molecule has 0 bridgehead atoms. The molecule has 7 heteroatoms. The Morgan fingerprint density at radius 2 is 2.00 bits per heavy atom. The molecule has 0 spiro atoms. The second-order valence-corrected chi connectivity index (χ2v) is 5.34. The van der Waals surface area contributed by atoms with Gasteiger partial charge >= 0.3 is 5.97 Å². The Hall–Kier alpha value is -2.96. The van der Waals surface area contributed by atoms with Gasteiger partial charge in [-0.05, 0) is 24.3 Å². The number of hydrogen-bond acceptors (Lipinski definition) is 5. The Morgan fingerprint density at radius 3 is 2.75 bits per heavy atom. The predicted molar refractivity (Wildman–Crippen MR) is 86.4 cm³/mol. The van der Waals surface area contributed by atoms with Crippen LogP contribution in [-0.2, 0) is 16.6 Å². The number of ether oxygens (including phenoxy) is 3. The van der Waals surface area contributed by atoms with Crippen molar-refractivity contribution in [3.63, 3.8) is 0 Å². The molecule has 1 amide bonds. The first-order chi connectivity index (χ1) is 11.6. The van der Waals surface area contributed by atoms with Crippen molar-refractivity contribution in [2.75, 3.05) is 25.1 Å². The highest BCUT2D eigenvalue weighted by molar-refractivity contribution is 5.95. The van der Waals surface area contributed by atoms with Crippen molar-refractivity contribution in [2.24, 2.45) is 7.05 Å². The molecule has 1 aromatic heterocycles. The van der Waals surface area contributed by atoms with Gasteiger partial charge in [-0.15, -0.1) is 0 Å². The Labute approximate surface area is 139 Å². The van der Waals surface area contributed by atoms with Gasteiger partial charge in [-0.2, -0.15) is 0 Å². The number of carbonyl (C=O) groups excluding carboxylic acids is 2. The van der Waals surface area contributed by atoms with Gasteiger partial charge < -0.3 is 24.1 Å². The van der Waals surface area contributed by atoms with Crippen molar-refractivity contribution < 1.29 is 23.8 Å². The summed E-state index contributed by atoms with van der Waals surface area (Å²) in [7, 11) is 1.73. The lowest BCUT2D eigenvalue weighted by Crippen LogP contribution is -2.21. The number of amides is 1. The number of anilines is 1. The average molecular weight is 330 g/mol. The number of aryl methyl sites for hydroxylation is 1. The summed E-state index contributed by atoms with van der Waals surface area (Å²) in [6.45, 7) is 0.810. The van der Waals surface area contributed by atoms with E-state index in [-0.39, 0.29) is 6.61 Å². The summed E-state index contributed by atoms with van der Waals surface area (Å²) in [6.07, 6.45) is 2.54. The molecule has 7 nitrogen and oxygen atoms in total. The van der Waals surface area contributed by atoms with Crippen LogP contribution in [0.2, 0.25) is 0 Å². The number of rotatable bonds is 4. The van der Waals surface area contributed by atoms with Gasteiger partial charge in [0.2, 0.25) is 0 Å². The summed E-state index contributed by atoms with van der Waals surface area (Å²) < 4.78 is 17.7. The van der Waals surface area contributed by atoms with Gasteiger partial charge in [0.1, 0.15) is 5.69 Å². The Bertz CT molecular complexity index is 753. The fraction of sp³-hybridized carbons (Fsp3) is 0.294. The van der Waals surface area contributed by atoms with E-state index in [1.54, 1.807) is 48.1 Å². The standard InChI is InChI=1S/C17H18N2O5/c1-19-7-2-4-13(19)17(21)24-11-16(20)18-12-5-6-14-15(10-12)23-9-3-8-22-14/h2,4-7,10H,3,8-9,11H2,1H3,(H,18,20). The van der Waals surface area contributed by atoms with Crippen LogP contribution in [-0.4, -0.2) is 36.3 Å². The van der Waals surface area contributed by atoms with Crippen molar-refractivity contribution in [1.29, 1.82) is 0 Å². The molecule has 2 aromatic rings. The molecule has 0 saturated heterocycles. The first-order valence-electron chi connectivity index (χ1n) is 7.61. The third-order valence-corrected chi connectivity index (χ3v) is 3.52. The van der Waals surface area contributed by atoms with E-state index in [9.17, 15) is 9.59 Å². The Morgan fingerprint density at radius 1 is 1.21 bits per heavy atom. The number of benzene rings is 1. The van der Waals surface area contributed by atoms with Crippen LogP contribution in [0.1, 0.15) is 16.9 Å². The van der Waals surface area contributed by atoms with E-state index in [1.807, 2.05) is 0 Å². The molecule has 1 aliphatic heterocycles. The maximum Gasteiger partial charge on any atom is 0.355 e. The smallest absolute Gasteiger partial charge is 0.355 e. The first kappa shape index (κ1) is 15.9. The van der Waals surface area contributed by atoms with E-state index >= 15 is 0 Å². The maximum absolute atomic E-state index is 11.9. The predicted octanol–water partition coefficient (Wildman–Crippen LogP) is 1.98. The van der Waals surface area contributed by atoms with Crippen LogP contribution in [0.25, 0.3) is 0 Å². The van der Waals surface area contributed by atoms with Crippen molar-refractivity contribution in [3.8, 4) is 11.5 Å². The topological polar surface area (TPSA) is 78.8 Å². The average Bonchev–Trinajstić information content (AvgIpc) is 2.86. The largest absolute Gasteiger partial charge is 0.490 e. The summed E-state index contributed by atoms with van der Waals surface area (Å²) in [5.74, 6) is 0.273. The molecule has 2 heterocycles. The second kappa shape index (κ2) is 7.08. The van der Waals surface area contributed by atoms with E-state index in [0.717, 1.165) is 6.42 Å². The highest BCUT2D eigenvalue weighted by Gasteiger charge is 2.14. The molecule has 0 radical (unpaired) electrons. The summed E-state index contributed by atoms with van der Waals surface area (Å²) in [5.41, 5.74) is 0.942. The third-order valence-electron chi connectivity index (χ3n) is 3.52. The van der Waals surface area contributed by atoms with Gasteiger partial charge in [-0.25, -0.2) is 4.79 Å². The van der Waals surface area contributed by atoms with E-state index in [2.05, 4.69) is 5.32 Å². The second-order valence-electron chi connectivity index (χ2n) is 5.34. The van der Waals surface area contributed by atoms with Crippen LogP contribution in [0.3, 0.4) is 0 Å². The van der Waals surface area contributed by atoms with Gasteiger partial charge in [0, 0.05) is 31.4 Å². The summed E-state index contributed by atoms with van der Waals surface area (Å²) in [5, 5.41) is 2.67. The minimum absolute atomic E-state index is 0.363. The van der Waals surface area contributed by atoms with Crippen molar-refractivity contribution in [3.05, 3.63) is 42.2 Å². The van der Waals surface area contributed by atoms with Gasteiger partial charge in [-0.3, -0.25) is 4.79 Å². The maximum atomic E-state index is 11.9. The normalized spacial score (nSPS) is 13.0. The molecule has 1 aliphatic rings. The van der Waals surface area contributed by atoms with Crippen LogP contribution in [0.5, 0.6) is 11.5 Å². The van der Waals surface area contributed by atoms with Crippen molar-refractivity contribution >= 4 is 17.6 Å². The zero-order valence-corrected chi connectivity index (χ0v) is 13.3. The summed E-state index contributed by atoms with van der Waals surface area (Å²) in [4.78, 5) is 23.8. The monoisotopic (exact) mass is 330 g/mol. The van der Waals surface area contributed by atoms with Crippen LogP contribution < -0.4 is 14.8 Å². The van der Waals surface area contributed by atoms with E-state index < -0.39 is 11.9 Å². The fourth-order valence-electron chi connectivity index (χ4n) is 2.32. The van der Waals surface area contributed by atoms with E-state index in [4.69, 9.17) is 14.2 Å². The molecular formula is C17H18N2O5. The SMILES string of the molecule is Cn1cccc1C(=O)OCC(=O)Nc1ccc2c(c1)OCCCO2. The molecule has 1 N–H and O–H groups in total. The number of hydrogen-bond donors (Lipinski definition) is 1. The molecule has 0 fully saturated rings. The zero-order chi connectivity index (χ0) is 16.9. The third kappa shape index (κ3) is 3.68. The molecule has 126 valence electrons. The van der Waals surface area contributed by atoms with Crippen LogP contribution in [0, 0.1) is 0 Å². The summed E-state index contributed by atoms with van der Waals surface area (Å²) in [6, 6.07) is 8.51. The van der Waals surface area contributed by atoms with Crippen LogP contribution in [0.15, 0.2) is 36.5 Å². The minimum atomic E-state index is -0.545. The highest BCUT2D eigenvalue weighted by Crippen LogP contribution is 2.32. The lowest BCUT2D eigenvalue weighted by molar-refractivity contribution is -0.119. The molecule has 0 saturated carbocycles. The van der Waals surface area contributed by atoms with Crippen LogP contribution >= 0.6 is 0 Å². The minimum Gasteiger partial charge on any atom is -0.490 e. The van der Waals surface area contributed by atoms with Crippen molar-refractivity contribution in [2.45, 2.75) is 6.42 Å². The lowest BCUT2D eigenvalue weighted by atomic mass is 10.2. The van der Waals surface area contributed by atoms with Crippen molar-refractivity contribution in [1.82, 2.24) is 4.57 Å². The molecule has 24 heavy (non-hydrogen) atoms. The number of nitrogens with one attached hydrogen (secondary N) is 1. The number of fused-ring (bicyclic) bond motifs is 1. The van der Waals surface area contributed by atoms with Gasteiger partial charge in [0.05, 0.1) is 13.2 Å². The fourth-order valence-corrected chi connectivity index (χ4v) is 2.32. The highest BCUT2D eigenvalue weighted by atomic mass is 16.5. The number of aromatic nitrogens is 1. The van der Waals surface area contributed by atoms with Gasteiger partial charge in [-0.1, -0.05) is 0 Å². The number of nitrogens with zero attached hydrogens (tertiary/aromatic N) is 1. The quantitative estimate of drug-likeness (QED) is 0.867. The van der Waals surface area contributed by atoms with E-state index in [1.165, 1.54) is 0 Å². The molecular weight excluding hydrogens is 312 g/mol. The van der Waals surface area contributed by atoms with Gasteiger partial charge in [0.25, 0.3) is 5.91 Å².